The Labute approximate surface area is 176 Å². The van der Waals surface area contributed by atoms with Crippen LogP contribution in [0.25, 0.3) is 0 Å². The number of carbonyl (C=O) groups is 2. The van der Waals surface area contributed by atoms with Crippen molar-refractivity contribution in [2.45, 2.75) is 25.3 Å². The number of nitrogens with zero attached hydrogens (tertiary/aromatic N) is 2. The van der Waals surface area contributed by atoms with Crippen LogP contribution in [0.3, 0.4) is 0 Å². The molecule has 0 spiro atoms. The van der Waals surface area contributed by atoms with Gasteiger partial charge >= 0.3 is 11.7 Å². The molecular formula is C19H22ClN3O5S. The molecule has 10 heteroatoms. The van der Waals surface area contributed by atoms with Gasteiger partial charge in [0.15, 0.2) is 6.61 Å². The molecule has 0 bridgehead atoms. The number of halogens is 1. The number of anilines is 1. The maximum atomic E-state index is 12.5. The first-order valence-electron chi connectivity index (χ1n) is 8.78. The number of nitrogen functional groups attached to an aromatic ring is 1. The maximum absolute atomic E-state index is 12.5. The molecule has 0 saturated heterocycles. The minimum atomic E-state index is -0.816. The first-order valence-corrected chi connectivity index (χ1v) is 10.1. The number of aromatic nitrogens is 2. The molecule has 0 radical (unpaired) electrons. The van der Waals surface area contributed by atoms with Crippen LogP contribution in [0.15, 0.2) is 38.8 Å². The van der Waals surface area contributed by atoms with Crippen molar-refractivity contribution in [2.75, 3.05) is 18.1 Å². The quantitative estimate of drug-likeness (QED) is 0.380. The van der Waals surface area contributed by atoms with Crippen molar-refractivity contribution in [3.05, 3.63) is 55.7 Å². The lowest BCUT2D eigenvalue weighted by atomic mass is 10.1. The van der Waals surface area contributed by atoms with E-state index < -0.39 is 29.6 Å². The van der Waals surface area contributed by atoms with Gasteiger partial charge in [-0.2, -0.15) is 0 Å². The normalized spacial score (nSPS) is 10.9. The Kier molecular flexibility index (Phi) is 7.69. The molecule has 0 fully saturated rings. The molecule has 0 aliphatic heterocycles. The summed E-state index contributed by atoms with van der Waals surface area (Å²) >= 11 is 7.03. The Hall–Kier alpha value is -2.52. The van der Waals surface area contributed by atoms with Crippen LogP contribution in [-0.4, -0.2) is 33.2 Å². The third-order valence-electron chi connectivity index (χ3n) is 3.94. The number of ether oxygens (including phenoxy) is 1. The molecule has 8 nitrogen and oxygen atoms in total. The number of rotatable bonds is 8. The summed E-state index contributed by atoms with van der Waals surface area (Å²) in [6.07, 6.45) is 0. The highest BCUT2D eigenvalue weighted by atomic mass is 35.5. The van der Waals surface area contributed by atoms with E-state index in [1.165, 1.54) is 23.4 Å². The van der Waals surface area contributed by atoms with Gasteiger partial charge < -0.3 is 10.5 Å². The van der Waals surface area contributed by atoms with E-state index in [1.54, 1.807) is 24.3 Å². The summed E-state index contributed by atoms with van der Waals surface area (Å²) in [4.78, 5) is 49.9. The molecule has 2 N–H and O–H groups in total. The van der Waals surface area contributed by atoms with E-state index in [4.69, 9.17) is 22.1 Å². The standard InChI is InChI=1S/C19H22ClN3O5S/c1-11(2)8-23-17(21)16(18(26)22(3)19(23)27)14(24)9-28-15(25)10-29-13-6-4-12(20)5-7-13/h4-7,11H,8-10,21H2,1-3H3. The van der Waals surface area contributed by atoms with Crippen molar-refractivity contribution in [1.82, 2.24) is 9.13 Å². The van der Waals surface area contributed by atoms with Crippen LogP contribution in [0.5, 0.6) is 0 Å². The molecular weight excluding hydrogens is 418 g/mol. The Balaban J connectivity index is 2.09. The summed E-state index contributed by atoms with van der Waals surface area (Å²) in [5, 5.41) is 0.584. The molecule has 2 rings (SSSR count). The molecule has 0 amide bonds. The molecule has 1 heterocycles. The van der Waals surface area contributed by atoms with Crippen molar-refractivity contribution in [1.29, 1.82) is 0 Å². The Morgan fingerprint density at radius 1 is 1.21 bits per heavy atom. The van der Waals surface area contributed by atoms with Crippen LogP contribution in [0.2, 0.25) is 5.02 Å². The van der Waals surface area contributed by atoms with Crippen molar-refractivity contribution in [3.8, 4) is 0 Å². The summed E-state index contributed by atoms with van der Waals surface area (Å²) in [5.41, 5.74) is 4.16. The van der Waals surface area contributed by atoms with Crippen LogP contribution in [0.4, 0.5) is 5.82 Å². The van der Waals surface area contributed by atoms with Crippen LogP contribution >= 0.6 is 23.4 Å². The number of hydrogen-bond donors (Lipinski definition) is 1. The Bertz CT molecular complexity index is 1030. The molecule has 0 aliphatic carbocycles. The monoisotopic (exact) mass is 439 g/mol. The van der Waals surface area contributed by atoms with Crippen molar-refractivity contribution < 1.29 is 14.3 Å². The highest BCUT2D eigenvalue weighted by molar-refractivity contribution is 8.00. The highest BCUT2D eigenvalue weighted by Gasteiger charge is 2.23. The van der Waals surface area contributed by atoms with Gasteiger partial charge in [-0.3, -0.25) is 23.5 Å². The van der Waals surface area contributed by atoms with E-state index in [0.29, 0.717) is 5.02 Å². The van der Waals surface area contributed by atoms with E-state index in [1.807, 2.05) is 13.8 Å². The largest absolute Gasteiger partial charge is 0.457 e. The van der Waals surface area contributed by atoms with Crippen LogP contribution in [0.1, 0.15) is 24.2 Å². The smallest absolute Gasteiger partial charge is 0.332 e. The average molecular weight is 440 g/mol. The number of Topliss-reactive ketones (excluding diaryl/α,β-unsaturated/α-hetero) is 1. The van der Waals surface area contributed by atoms with Gasteiger partial charge in [0.1, 0.15) is 11.4 Å². The molecule has 29 heavy (non-hydrogen) atoms. The number of carbonyl (C=O) groups excluding carboxylic acids is 2. The number of thioether (sulfide) groups is 1. The second-order valence-electron chi connectivity index (χ2n) is 6.74. The second-order valence-corrected chi connectivity index (χ2v) is 8.22. The van der Waals surface area contributed by atoms with Crippen LogP contribution in [0, 0.1) is 5.92 Å². The van der Waals surface area contributed by atoms with Gasteiger partial charge in [-0.25, -0.2) is 4.79 Å². The fourth-order valence-corrected chi connectivity index (χ4v) is 3.34. The molecule has 0 unspecified atom stereocenters. The molecule has 0 aliphatic rings. The van der Waals surface area contributed by atoms with E-state index in [9.17, 15) is 19.2 Å². The van der Waals surface area contributed by atoms with Gasteiger partial charge in [-0.15, -0.1) is 11.8 Å². The third-order valence-corrected chi connectivity index (χ3v) is 5.18. The van der Waals surface area contributed by atoms with E-state index in [0.717, 1.165) is 9.46 Å². The molecule has 1 aromatic heterocycles. The first kappa shape index (κ1) is 22.8. The lowest BCUT2D eigenvalue weighted by Crippen LogP contribution is -2.43. The summed E-state index contributed by atoms with van der Waals surface area (Å²) in [5.74, 6) is -1.55. The number of ketones is 1. The number of nitrogens with two attached hydrogens (primary N) is 1. The first-order chi connectivity index (χ1) is 13.6. The van der Waals surface area contributed by atoms with E-state index in [-0.39, 0.29) is 29.6 Å². The minimum Gasteiger partial charge on any atom is -0.457 e. The van der Waals surface area contributed by atoms with Gasteiger partial charge in [0.2, 0.25) is 5.78 Å². The van der Waals surface area contributed by atoms with Crippen LogP contribution in [-0.2, 0) is 23.1 Å². The van der Waals surface area contributed by atoms with Gasteiger partial charge in [0.05, 0.1) is 5.75 Å². The lowest BCUT2D eigenvalue weighted by molar-refractivity contribution is -0.139. The van der Waals surface area contributed by atoms with Gasteiger partial charge in [0.25, 0.3) is 5.56 Å². The Morgan fingerprint density at radius 3 is 2.41 bits per heavy atom. The molecule has 2 aromatic rings. The number of esters is 1. The maximum Gasteiger partial charge on any atom is 0.332 e. The zero-order valence-electron chi connectivity index (χ0n) is 16.3. The predicted octanol–water partition coefficient (Wildman–Crippen LogP) is 1.96. The van der Waals surface area contributed by atoms with Crippen molar-refractivity contribution in [3.63, 3.8) is 0 Å². The van der Waals surface area contributed by atoms with Gasteiger partial charge in [-0.05, 0) is 30.2 Å². The van der Waals surface area contributed by atoms with Gasteiger partial charge in [0, 0.05) is 23.5 Å². The molecule has 156 valence electrons. The van der Waals surface area contributed by atoms with Crippen molar-refractivity contribution >= 4 is 40.9 Å². The summed E-state index contributed by atoms with van der Waals surface area (Å²) < 4.78 is 6.98. The zero-order valence-corrected chi connectivity index (χ0v) is 17.9. The number of hydrogen-bond acceptors (Lipinski definition) is 7. The number of benzene rings is 1. The second kappa shape index (κ2) is 9.80. The SMILES string of the molecule is CC(C)Cn1c(N)c(C(=O)COC(=O)CSc2ccc(Cl)cc2)c(=O)n(C)c1=O. The molecule has 0 saturated carbocycles. The van der Waals surface area contributed by atoms with Crippen LogP contribution < -0.4 is 17.0 Å². The van der Waals surface area contributed by atoms with E-state index >= 15 is 0 Å². The summed E-state index contributed by atoms with van der Waals surface area (Å²) in [7, 11) is 1.27. The fraction of sp³-hybridized carbons (Fsp3) is 0.368. The van der Waals surface area contributed by atoms with E-state index in [2.05, 4.69) is 0 Å². The fourth-order valence-electron chi connectivity index (χ4n) is 2.52. The highest BCUT2D eigenvalue weighted by Crippen LogP contribution is 2.20. The third kappa shape index (κ3) is 5.74. The van der Waals surface area contributed by atoms with Crippen molar-refractivity contribution in [2.24, 2.45) is 13.0 Å². The lowest BCUT2D eigenvalue weighted by Gasteiger charge is -2.16. The summed E-state index contributed by atoms with van der Waals surface area (Å²) in [6, 6.07) is 6.91. The summed E-state index contributed by atoms with van der Waals surface area (Å²) in [6.45, 7) is 3.35. The zero-order chi connectivity index (χ0) is 21.7. The topological polar surface area (TPSA) is 113 Å². The Morgan fingerprint density at radius 2 is 1.83 bits per heavy atom. The minimum absolute atomic E-state index is 0.0186. The molecule has 0 atom stereocenters. The van der Waals surface area contributed by atoms with Gasteiger partial charge in [-0.1, -0.05) is 25.4 Å². The molecule has 1 aromatic carbocycles. The predicted molar refractivity (Wildman–Crippen MR) is 113 cm³/mol. The average Bonchev–Trinajstić information content (AvgIpc) is 2.67.